The summed E-state index contributed by atoms with van der Waals surface area (Å²) in [4.78, 5) is 24.5. The summed E-state index contributed by atoms with van der Waals surface area (Å²) in [5.41, 5.74) is 0. The lowest BCUT2D eigenvalue weighted by molar-refractivity contribution is -0.161. The van der Waals surface area contributed by atoms with E-state index in [1.807, 2.05) is 0 Å². The molecule has 0 aromatic rings. The van der Waals surface area contributed by atoms with Crippen molar-refractivity contribution in [2.24, 2.45) is 0 Å². The minimum Gasteiger partial charge on any atom is -0.462 e. The van der Waals surface area contributed by atoms with E-state index in [0.29, 0.717) is 12.8 Å². The fraction of sp³-hybridized carbons (Fsp3) is 0.927. The molecule has 356 valence electrons. The molecule has 1 atom stereocenters. The number of hydrogen-bond acceptors (Lipinski definition) is 5. The Hall–Kier alpha value is -1.36. The number of aliphatic hydroxyl groups excluding tert-OH is 1. The van der Waals surface area contributed by atoms with Gasteiger partial charge in [-0.1, -0.05) is 270 Å². The summed E-state index contributed by atoms with van der Waals surface area (Å²) in [6, 6.07) is 0. The van der Waals surface area contributed by atoms with Crippen molar-refractivity contribution in [1.82, 2.24) is 0 Å². The quantitative estimate of drug-likeness (QED) is 0.0375. The first kappa shape index (κ1) is 58.6. The number of allylic oxidation sites excluding steroid dienone is 2. The second kappa shape index (κ2) is 52.0. The smallest absolute Gasteiger partial charge is 0.306 e. The van der Waals surface area contributed by atoms with Gasteiger partial charge in [-0.25, -0.2) is 0 Å². The Bertz CT molecular complexity index is 871. The van der Waals surface area contributed by atoms with E-state index in [1.54, 1.807) is 0 Å². The van der Waals surface area contributed by atoms with Gasteiger partial charge in [0.05, 0.1) is 6.61 Å². The highest BCUT2D eigenvalue weighted by Crippen LogP contribution is 2.17. The van der Waals surface area contributed by atoms with Crippen LogP contribution in [0.3, 0.4) is 0 Å². The molecule has 1 unspecified atom stereocenters. The minimum atomic E-state index is -0.768. The largest absolute Gasteiger partial charge is 0.462 e. The minimum absolute atomic E-state index is 0.0595. The molecule has 0 amide bonds. The highest BCUT2D eigenvalue weighted by atomic mass is 16.6. The molecule has 0 bridgehead atoms. The lowest BCUT2D eigenvalue weighted by Gasteiger charge is -2.15. The van der Waals surface area contributed by atoms with Gasteiger partial charge in [0.25, 0.3) is 0 Å². The van der Waals surface area contributed by atoms with Crippen molar-refractivity contribution >= 4 is 11.9 Å². The maximum Gasteiger partial charge on any atom is 0.306 e. The van der Waals surface area contributed by atoms with Crippen molar-refractivity contribution in [3.05, 3.63) is 12.2 Å². The molecule has 0 radical (unpaired) electrons. The molecule has 0 heterocycles. The molecular formula is C55H106O5. The third-order valence-electron chi connectivity index (χ3n) is 12.6. The fourth-order valence-electron chi connectivity index (χ4n) is 8.44. The van der Waals surface area contributed by atoms with Gasteiger partial charge in [0.2, 0.25) is 0 Å². The summed E-state index contributed by atoms with van der Waals surface area (Å²) in [5.74, 6) is -0.573. The predicted molar refractivity (Wildman–Crippen MR) is 261 cm³/mol. The van der Waals surface area contributed by atoms with Crippen LogP contribution in [-0.4, -0.2) is 36.4 Å². The SMILES string of the molecule is CCCCCCCC/C=C\CCCCCCCCCCCC(=O)OC(CO)COC(=O)CCCCCCCCCCCCCCCCCCCCCCCCCCCCC. The van der Waals surface area contributed by atoms with Crippen LogP contribution in [-0.2, 0) is 19.1 Å². The molecule has 5 nitrogen and oxygen atoms in total. The Morgan fingerprint density at radius 2 is 0.617 bits per heavy atom. The lowest BCUT2D eigenvalue weighted by atomic mass is 10.0. The summed E-state index contributed by atoms with van der Waals surface area (Å²) in [5, 5.41) is 9.63. The molecule has 0 aliphatic carbocycles. The number of carbonyl (C=O) groups excluding carboxylic acids is 2. The van der Waals surface area contributed by atoms with Gasteiger partial charge >= 0.3 is 11.9 Å². The average molecular weight is 847 g/mol. The van der Waals surface area contributed by atoms with Crippen LogP contribution in [0, 0.1) is 0 Å². The van der Waals surface area contributed by atoms with E-state index >= 15 is 0 Å². The highest BCUT2D eigenvalue weighted by Gasteiger charge is 2.16. The van der Waals surface area contributed by atoms with Crippen molar-refractivity contribution in [1.29, 1.82) is 0 Å². The van der Waals surface area contributed by atoms with Gasteiger partial charge < -0.3 is 14.6 Å². The molecule has 0 aromatic heterocycles. The Morgan fingerprint density at radius 1 is 0.367 bits per heavy atom. The van der Waals surface area contributed by atoms with Crippen LogP contribution < -0.4 is 0 Å². The van der Waals surface area contributed by atoms with Gasteiger partial charge in [0.1, 0.15) is 6.61 Å². The molecule has 5 heteroatoms. The summed E-state index contributed by atoms with van der Waals surface area (Å²) < 4.78 is 10.7. The van der Waals surface area contributed by atoms with E-state index in [2.05, 4.69) is 26.0 Å². The first-order valence-corrected chi connectivity index (χ1v) is 27.2. The summed E-state index contributed by atoms with van der Waals surface area (Å²) >= 11 is 0. The second-order valence-electron chi connectivity index (χ2n) is 18.7. The average Bonchev–Trinajstić information content (AvgIpc) is 3.25. The van der Waals surface area contributed by atoms with Gasteiger partial charge in [-0.3, -0.25) is 9.59 Å². The molecule has 0 rings (SSSR count). The van der Waals surface area contributed by atoms with Crippen LogP contribution in [0.15, 0.2) is 12.2 Å². The monoisotopic (exact) mass is 847 g/mol. The van der Waals surface area contributed by atoms with E-state index in [9.17, 15) is 14.7 Å². The molecule has 0 aliphatic rings. The van der Waals surface area contributed by atoms with Crippen LogP contribution in [0.2, 0.25) is 0 Å². The fourth-order valence-corrected chi connectivity index (χ4v) is 8.44. The Labute approximate surface area is 375 Å². The Balaban J connectivity index is 3.41. The second-order valence-corrected chi connectivity index (χ2v) is 18.7. The number of unbranched alkanes of at least 4 members (excludes halogenated alkanes) is 41. The van der Waals surface area contributed by atoms with Gasteiger partial charge in [-0.2, -0.15) is 0 Å². The van der Waals surface area contributed by atoms with E-state index in [-0.39, 0.29) is 25.2 Å². The Morgan fingerprint density at radius 3 is 0.900 bits per heavy atom. The van der Waals surface area contributed by atoms with Crippen molar-refractivity contribution < 1.29 is 24.2 Å². The molecule has 0 aromatic carbocycles. The zero-order valence-corrected chi connectivity index (χ0v) is 40.8. The van der Waals surface area contributed by atoms with E-state index < -0.39 is 6.10 Å². The first-order chi connectivity index (χ1) is 29.6. The topological polar surface area (TPSA) is 72.8 Å². The van der Waals surface area contributed by atoms with Crippen LogP contribution in [0.1, 0.15) is 309 Å². The molecule has 60 heavy (non-hydrogen) atoms. The number of carbonyl (C=O) groups is 2. The normalized spacial score (nSPS) is 12.1. The van der Waals surface area contributed by atoms with Gasteiger partial charge in [-0.05, 0) is 38.5 Å². The molecule has 0 spiro atoms. The third-order valence-corrected chi connectivity index (χ3v) is 12.6. The zero-order valence-electron chi connectivity index (χ0n) is 40.8. The standard InChI is InChI=1S/C55H106O5/c1-3-5-7-9-11-13-15-17-19-21-23-24-25-26-27-28-29-30-32-33-35-37-39-41-43-45-47-49-54(57)59-52-53(51-56)60-55(58)50-48-46-44-42-40-38-36-34-31-22-20-18-16-14-12-10-8-6-4-2/h18,20,53,56H,3-17,19,21-52H2,1-2H3/b20-18-. The van der Waals surface area contributed by atoms with Crippen LogP contribution in [0.5, 0.6) is 0 Å². The molecule has 1 N–H and O–H groups in total. The van der Waals surface area contributed by atoms with Crippen molar-refractivity contribution in [3.63, 3.8) is 0 Å². The Kier molecular flexibility index (Phi) is 50.8. The first-order valence-electron chi connectivity index (χ1n) is 27.2. The summed E-state index contributed by atoms with van der Waals surface area (Å²) in [6.07, 6.45) is 63.3. The number of hydrogen-bond donors (Lipinski definition) is 1. The van der Waals surface area contributed by atoms with Crippen LogP contribution in [0.4, 0.5) is 0 Å². The number of rotatable bonds is 51. The van der Waals surface area contributed by atoms with Crippen LogP contribution in [0.25, 0.3) is 0 Å². The molecule has 0 saturated carbocycles. The molecule has 0 fully saturated rings. The van der Waals surface area contributed by atoms with E-state index in [0.717, 1.165) is 32.1 Å². The van der Waals surface area contributed by atoms with E-state index in [1.165, 1.54) is 250 Å². The maximum absolute atomic E-state index is 12.3. The number of ether oxygens (including phenoxy) is 2. The predicted octanol–water partition coefficient (Wildman–Crippen LogP) is 18.0. The number of aliphatic hydroxyl groups is 1. The summed E-state index contributed by atoms with van der Waals surface area (Å²) in [7, 11) is 0. The van der Waals surface area contributed by atoms with E-state index in [4.69, 9.17) is 9.47 Å². The van der Waals surface area contributed by atoms with Crippen molar-refractivity contribution in [2.75, 3.05) is 13.2 Å². The van der Waals surface area contributed by atoms with Gasteiger partial charge in [0.15, 0.2) is 6.10 Å². The zero-order chi connectivity index (χ0) is 43.5. The molecule has 0 saturated heterocycles. The van der Waals surface area contributed by atoms with Gasteiger partial charge in [-0.15, -0.1) is 0 Å². The highest BCUT2D eigenvalue weighted by molar-refractivity contribution is 5.70. The summed E-state index contributed by atoms with van der Waals surface area (Å²) in [6.45, 7) is 4.19. The van der Waals surface area contributed by atoms with Crippen LogP contribution >= 0.6 is 0 Å². The third kappa shape index (κ3) is 49.3. The maximum atomic E-state index is 12.3. The number of esters is 2. The lowest BCUT2D eigenvalue weighted by Crippen LogP contribution is -2.28. The molecule has 0 aliphatic heterocycles. The van der Waals surface area contributed by atoms with Gasteiger partial charge in [0, 0.05) is 12.8 Å². The molecular weight excluding hydrogens is 741 g/mol. The van der Waals surface area contributed by atoms with Crippen molar-refractivity contribution in [3.8, 4) is 0 Å². The van der Waals surface area contributed by atoms with Crippen molar-refractivity contribution in [2.45, 2.75) is 315 Å².